The minimum atomic E-state index is 0.218. The monoisotopic (exact) mass is 288 g/mol. The smallest absolute Gasteiger partial charge is 0.137 e. The van der Waals surface area contributed by atoms with Gasteiger partial charge in [-0.2, -0.15) is 5.26 Å². The zero-order valence-corrected chi connectivity index (χ0v) is 12.8. The molecule has 0 aromatic heterocycles. The lowest BCUT2D eigenvalue weighted by atomic mass is 9.92. The molecule has 1 N–H and O–H groups in total. The SMILES string of the molecule is COCC(C)NC1CCC(Oc2ccccc2C#N)CC1. The molecule has 1 aliphatic rings. The fraction of sp³-hybridized carbons (Fsp3) is 0.588. The van der Waals surface area contributed by atoms with Crippen LogP contribution in [0.5, 0.6) is 5.75 Å². The molecule has 2 rings (SSSR count). The molecule has 1 fully saturated rings. The highest BCUT2D eigenvalue weighted by Crippen LogP contribution is 2.26. The van der Waals surface area contributed by atoms with E-state index in [1.807, 2.05) is 18.2 Å². The highest BCUT2D eigenvalue weighted by Gasteiger charge is 2.23. The number of benzene rings is 1. The quantitative estimate of drug-likeness (QED) is 0.874. The molecule has 1 aliphatic carbocycles. The first-order valence-corrected chi connectivity index (χ1v) is 7.63. The van der Waals surface area contributed by atoms with E-state index in [9.17, 15) is 0 Å². The summed E-state index contributed by atoms with van der Waals surface area (Å²) in [6.07, 6.45) is 4.48. The number of nitrogens with one attached hydrogen (secondary N) is 1. The van der Waals surface area contributed by atoms with Gasteiger partial charge in [-0.25, -0.2) is 0 Å². The first-order valence-electron chi connectivity index (χ1n) is 7.63. The molecule has 0 aliphatic heterocycles. The molecular formula is C17H24N2O2. The zero-order valence-electron chi connectivity index (χ0n) is 12.8. The van der Waals surface area contributed by atoms with E-state index in [0.29, 0.717) is 23.4 Å². The van der Waals surface area contributed by atoms with Gasteiger partial charge in [-0.1, -0.05) is 12.1 Å². The van der Waals surface area contributed by atoms with Gasteiger partial charge < -0.3 is 14.8 Å². The van der Waals surface area contributed by atoms with Crippen LogP contribution in [0, 0.1) is 11.3 Å². The van der Waals surface area contributed by atoms with Gasteiger partial charge in [-0.15, -0.1) is 0 Å². The van der Waals surface area contributed by atoms with E-state index in [1.54, 1.807) is 13.2 Å². The van der Waals surface area contributed by atoms with Gasteiger partial charge in [0.2, 0.25) is 0 Å². The summed E-state index contributed by atoms with van der Waals surface area (Å²) < 4.78 is 11.2. The van der Waals surface area contributed by atoms with E-state index in [-0.39, 0.29) is 6.10 Å². The van der Waals surface area contributed by atoms with E-state index < -0.39 is 0 Å². The topological polar surface area (TPSA) is 54.3 Å². The van der Waals surface area contributed by atoms with Crippen molar-refractivity contribution < 1.29 is 9.47 Å². The van der Waals surface area contributed by atoms with Crippen molar-refractivity contribution in [2.45, 2.75) is 50.8 Å². The second-order valence-corrected chi connectivity index (χ2v) is 5.72. The van der Waals surface area contributed by atoms with E-state index in [0.717, 1.165) is 32.3 Å². The highest BCUT2D eigenvalue weighted by atomic mass is 16.5. The fourth-order valence-electron chi connectivity index (χ4n) is 2.89. The maximum Gasteiger partial charge on any atom is 0.137 e. The lowest BCUT2D eigenvalue weighted by molar-refractivity contribution is 0.124. The third-order valence-electron chi connectivity index (χ3n) is 3.91. The Bertz CT molecular complexity index is 476. The van der Waals surface area contributed by atoms with Crippen LogP contribution in [-0.4, -0.2) is 31.9 Å². The second-order valence-electron chi connectivity index (χ2n) is 5.72. The van der Waals surface area contributed by atoms with Crippen molar-refractivity contribution >= 4 is 0 Å². The number of hydrogen-bond acceptors (Lipinski definition) is 4. The van der Waals surface area contributed by atoms with Gasteiger partial charge in [0.1, 0.15) is 11.8 Å². The standard InChI is InChI=1S/C17H24N2O2/c1-13(12-20-2)19-15-7-9-16(10-8-15)21-17-6-4-3-5-14(17)11-18/h3-6,13,15-16,19H,7-10,12H2,1-2H3. The number of rotatable bonds is 6. The number of nitriles is 1. The van der Waals surface area contributed by atoms with Crippen molar-refractivity contribution in [3.8, 4) is 11.8 Å². The predicted octanol–water partition coefficient (Wildman–Crippen LogP) is 2.87. The second kappa shape index (κ2) is 8.02. The third-order valence-corrected chi connectivity index (χ3v) is 3.91. The van der Waals surface area contributed by atoms with Crippen molar-refractivity contribution in [3.63, 3.8) is 0 Å². The molecule has 21 heavy (non-hydrogen) atoms. The Balaban J connectivity index is 1.80. The van der Waals surface area contributed by atoms with Crippen LogP contribution >= 0.6 is 0 Å². The summed E-state index contributed by atoms with van der Waals surface area (Å²) in [6, 6.07) is 10.6. The highest BCUT2D eigenvalue weighted by molar-refractivity contribution is 5.42. The zero-order chi connectivity index (χ0) is 15.1. The summed E-state index contributed by atoms with van der Waals surface area (Å²) in [5.74, 6) is 0.712. The maximum absolute atomic E-state index is 9.09. The molecule has 114 valence electrons. The number of para-hydroxylation sites is 1. The van der Waals surface area contributed by atoms with E-state index in [4.69, 9.17) is 14.7 Å². The average Bonchev–Trinajstić information content (AvgIpc) is 2.50. The Morgan fingerprint density at radius 2 is 2.00 bits per heavy atom. The summed E-state index contributed by atoms with van der Waals surface area (Å²) in [4.78, 5) is 0. The summed E-state index contributed by atoms with van der Waals surface area (Å²) in [5.41, 5.74) is 0.617. The molecule has 4 heteroatoms. The molecule has 4 nitrogen and oxygen atoms in total. The van der Waals surface area contributed by atoms with Crippen LogP contribution in [0.1, 0.15) is 38.2 Å². The molecule has 1 aromatic carbocycles. The molecule has 1 unspecified atom stereocenters. The lowest BCUT2D eigenvalue weighted by Gasteiger charge is -2.31. The molecule has 1 aromatic rings. The molecule has 0 heterocycles. The number of methoxy groups -OCH3 is 1. The average molecular weight is 288 g/mol. The van der Waals surface area contributed by atoms with Crippen molar-refractivity contribution in [1.29, 1.82) is 5.26 Å². The summed E-state index contributed by atoms with van der Waals surface area (Å²) in [7, 11) is 1.73. The first-order chi connectivity index (χ1) is 10.2. The number of nitrogens with zero attached hydrogens (tertiary/aromatic N) is 1. The van der Waals surface area contributed by atoms with Gasteiger partial charge in [-0.3, -0.25) is 0 Å². The Morgan fingerprint density at radius 1 is 1.29 bits per heavy atom. The predicted molar refractivity (Wildman–Crippen MR) is 82.3 cm³/mol. The lowest BCUT2D eigenvalue weighted by Crippen LogP contribution is -2.42. The maximum atomic E-state index is 9.09. The van der Waals surface area contributed by atoms with Crippen LogP contribution in [0.2, 0.25) is 0 Å². The first kappa shape index (κ1) is 15.8. The molecular weight excluding hydrogens is 264 g/mol. The van der Waals surface area contributed by atoms with Crippen molar-refractivity contribution in [3.05, 3.63) is 29.8 Å². The Labute approximate surface area is 127 Å². The molecule has 0 bridgehead atoms. The van der Waals surface area contributed by atoms with Crippen LogP contribution in [0.25, 0.3) is 0 Å². The van der Waals surface area contributed by atoms with Crippen LogP contribution in [-0.2, 0) is 4.74 Å². The van der Waals surface area contributed by atoms with Gasteiger partial charge >= 0.3 is 0 Å². The molecule has 0 spiro atoms. The fourth-order valence-corrected chi connectivity index (χ4v) is 2.89. The van der Waals surface area contributed by atoms with E-state index >= 15 is 0 Å². The van der Waals surface area contributed by atoms with Crippen molar-refractivity contribution in [1.82, 2.24) is 5.32 Å². The summed E-state index contributed by atoms with van der Waals surface area (Å²) in [6.45, 7) is 2.89. The number of hydrogen-bond donors (Lipinski definition) is 1. The van der Waals surface area contributed by atoms with Gasteiger partial charge in [0.05, 0.1) is 18.3 Å². The molecule has 0 saturated heterocycles. The normalized spacial score (nSPS) is 23.3. The Morgan fingerprint density at radius 3 is 2.67 bits per heavy atom. The largest absolute Gasteiger partial charge is 0.489 e. The minimum absolute atomic E-state index is 0.218. The molecule has 1 atom stereocenters. The molecule has 0 amide bonds. The van der Waals surface area contributed by atoms with Gasteiger partial charge in [0, 0.05) is 19.2 Å². The van der Waals surface area contributed by atoms with Crippen LogP contribution in [0.15, 0.2) is 24.3 Å². The van der Waals surface area contributed by atoms with Gasteiger partial charge in [0.25, 0.3) is 0 Å². The summed E-state index contributed by atoms with van der Waals surface area (Å²) in [5, 5.41) is 12.7. The van der Waals surface area contributed by atoms with Crippen molar-refractivity contribution in [2.75, 3.05) is 13.7 Å². The van der Waals surface area contributed by atoms with E-state index in [2.05, 4.69) is 18.3 Å². The van der Waals surface area contributed by atoms with Crippen LogP contribution < -0.4 is 10.1 Å². The summed E-state index contributed by atoms with van der Waals surface area (Å²) >= 11 is 0. The van der Waals surface area contributed by atoms with Crippen LogP contribution in [0.3, 0.4) is 0 Å². The van der Waals surface area contributed by atoms with Gasteiger partial charge in [0.15, 0.2) is 0 Å². The van der Waals surface area contributed by atoms with Gasteiger partial charge in [-0.05, 0) is 44.7 Å². The Kier molecular flexibility index (Phi) is 6.04. The van der Waals surface area contributed by atoms with Crippen LogP contribution in [0.4, 0.5) is 0 Å². The van der Waals surface area contributed by atoms with E-state index in [1.165, 1.54) is 0 Å². The molecule has 1 saturated carbocycles. The third kappa shape index (κ3) is 4.73. The minimum Gasteiger partial charge on any atom is -0.489 e. The Hall–Kier alpha value is -1.57. The van der Waals surface area contributed by atoms with Crippen molar-refractivity contribution in [2.24, 2.45) is 0 Å². The molecule has 0 radical (unpaired) electrons. The number of ether oxygens (including phenoxy) is 2.